The van der Waals surface area contributed by atoms with Crippen LogP contribution in [0.4, 0.5) is 0 Å². The van der Waals surface area contributed by atoms with Crippen molar-refractivity contribution in [2.75, 3.05) is 6.61 Å². The quantitative estimate of drug-likeness (QED) is 0.263. The Morgan fingerprint density at radius 2 is 1.29 bits per heavy atom. The number of aliphatic hydroxyl groups excluding tert-OH is 1. The number of hydrogen-bond donors (Lipinski definition) is 2. The largest absolute Gasteiger partial charge is 0.464 e. The van der Waals surface area contributed by atoms with Crippen LogP contribution in [0.1, 0.15) is 104 Å². The molecular formula is C22H43NO5. The number of nitrogens with two attached hydrogens (primary N) is 1. The van der Waals surface area contributed by atoms with E-state index in [2.05, 4.69) is 6.92 Å². The highest BCUT2D eigenvalue weighted by Gasteiger charge is 2.28. The number of aliphatic hydroxyl groups is 1. The topological polar surface area (TPSA) is 98.8 Å². The van der Waals surface area contributed by atoms with Crippen LogP contribution < -0.4 is 5.73 Å². The lowest BCUT2D eigenvalue weighted by Crippen LogP contribution is -2.47. The summed E-state index contributed by atoms with van der Waals surface area (Å²) in [5.74, 6) is -0.893. The molecule has 0 rings (SSSR count). The van der Waals surface area contributed by atoms with E-state index in [0.29, 0.717) is 6.42 Å². The molecule has 6 nitrogen and oxygen atoms in total. The molecule has 6 heteroatoms. The van der Waals surface area contributed by atoms with E-state index < -0.39 is 30.2 Å². The fraction of sp³-hybridized carbons (Fsp3) is 0.909. The van der Waals surface area contributed by atoms with E-state index in [0.717, 1.165) is 19.3 Å². The molecule has 3 atom stereocenters. The molecule has 0 spiro atoms. The number of unbranched alkanes of at least 4 members (excludes halogenated alkanes) is 11. The molecule has 0 aliphatic carbocycles. The van der Waals surface area contributed by atoms with E-state index in [1.807, 2.05) is 0 Å². The van der Waals surface area contributed by atoms with Crippen molar-refractivity contribution in [3.63, 3.8) is 0 Å². The van der Waals surface area contributed by atoms with E-state index in [9.17, 15) is 14.7 Å². The molecule has 0 heterocycles. The van der Waals surface area contributed by atoms with Crippen molar-refractivity contribution in [2.24, 2.45) is 5.73 Å². The zero-order chi connectivity index (χ0) is 21.2. The minimum Gasteiger partial charge on any atom is -0.464 e. The Morgan fingerprint density at radius 3 is 1.71 bits per heavy atom. The van der Waals surface area contributed by atoms with Crippen molar-refractivity contribution in [1.82, 2.24) is 0 Å². The summed E-state index contributed by atoms with van der Waals surface area (Å²) in [4.78, 5) is 22.2. The Kier molecular flexibility index (Phi) is 17.2. The van der Waals surface area contributed by atoms with Gasteiger partial charge < -0.3 is 20.3 Å². The minimum absolute atomic E-state index is 0.0906. The summed E-state index contributed by atoms with van der Waals surface area (Å²) in [5, 5.41) is 10.3. The van der Waals surface area contributed by atoms with Gasteiger partial charge in [0.05, 0.1) is 6.04 Å². The SMILES string of the molecule is CCCCCCCCCCCCCC[C@@H](OC(C)=O)[C@@H](O)[C@H](N)COC(C)=O. The summed E-state index contributed by atoms with van der Waals surface area (Å²) in [5.41, 5.74) is 5.86. The number of carbonyl (C=O) groups is 2. The maximum Gasteiger partial charge on any atom is 0.302 e. The molecule has 3 N–H and O–H groups in total. The molecule has 0 radical (unpaired) electrons. The average molecular weight is 402 g/mol. The van der Waals surface area contributed by atoms with Gasteiger partial charge in [-0.25, -0.2) is 0 Å². The van der Waals surface area contributed by atoms with Crippen molar-refractivity contribution in [3.8, 4) is 0 Å². The van der Waals surface area contributed by atoms with E-state index in [4.69, 9.17) is 15.2 Å². The average Bonchev–Trinajstić information content (AvgIpc) is 2.65. The summed E-state index contributed by atoms with van der Waals surface area (Å²) in [6.45, 7) is 4.76. The maximum atomic E-state index is 11.3. The van der Waals surface area contributed by atoms with Crippen LogP contribution in [-0.4, -0.2) is 41.9 Å². The molecule has 28 heavy (non-hydrogen) atoms. The molecule has 0 aromatic heterocycles. The number of carbonyl (C=O) groups excluding carboxylic acids is 2. The monoisotopic (exact) mass is 401 g/mol. The number of rotatable bonds is 18. The molecule has 0 bridgehead atoms. The maximum absolute atomic E-state index is 11.3. The number of ether oxygens (including phenoxy) is 2. The predicted octanol–water partition coefficient (Wildman–Crippen LogP) is 4.26. The second-order valence-electron chi connectivity index (χ2n) is 7.78. The third kappa shape index (κ3) is 15.9. The summed E-state index contributed by atoms with van der Waals surface area (Å²) in [6.07, 6.45) is 13.8. The van der Waals surface area contributed by atoms with Gasteiger partial charge in [0.15, 0.2) is 0 Å². The predicted molar refractivity (Wildman–Crippen MR) is 112 cm³/mol. The Hall–Kier alpha value is -1.14. The first kappa shape index (κ1) is 26.9. The molecule has 166 valence electrons. The minimum atomic E-state index is -1.05. The smallest absolute Gasteiger partial charge is 0.302 e. The second-order valence-corrected chi connectivity index (χ2v) is 7.78. The fourth-order valence-corrected chi connectivity index (χ4v) is 3.29. The van der Waals surface area contributed by atoms with Crippen LogP contribution in [0, 0.1) is 0 Å². The molecule has 0 amide bonds. The van der Waals surface area contributed by atoms with E-state index in [1.165, 1.54) is 71.6 Å². The van der Waals surface area contributed by atoms with Crippen molar-refractivity contribution in [2.45, 2.75) is 122 Å². The zero-order valence-corrected chi connectivity index (χ0v) is 18.3. The molecule has 0 aliphatic rings. The molecule has 0 fully saturated rings. The van der Waals surface area contributed by atoms with Crippen LogP contribution in [0.3, 0.4) is 0 Å². The normalized spacial score (nSPS) is 14.3. The van der Waals surface area contributed by atoms with Crippen LogP contribution in [0.25, 0.3) is 0 Å². The Bertz CT molecular complexity index is 402. The zero-order valence-electron chi connectivity index (χ0n) is 18.3. The lowest BCUT2D eigenvalue weighted by atomic mass is 9.99. The van der Waals surface area contributed by atoms with Gasteiger partial charge in [-0.15, -0.1) is 0 Å². The standard InChI is InChI=1S/C22H43NO5/c1-4-5-6-7-8-9-10-11-12-13-14-15-16-21(28-19(3)25)22(26)20(23)17-27-18(2)24/h20-22,26H,4-17,23H2,1-3H3/t20-,21-,22+/m1/s1. The molecule has 0 unspecified atom stereocenters. The molecule has 0 aromatic rings. The first-order valence-corrected chi connectivity index (χ1v) is 11.1. The van der Waals surface area contributed by atoms with Crippen LogP contribution in [0.15, 0.2) is 0 Å². The first-order chi connectivity index (χ1) is 13.4. The van der Waals surface area contributed by atoms with Gasteiger partial charge in [0.1, 0.15) is 18.8 Å². The molecule has 0 saturated heterocycles. The third-order valence-corrected chi connectivity index (χ3v) is 4.96. The number of hydrogen-bond acceptors (Lipinski definition) is 6. The van der Waals surface area contributed by atoms with E-state index >= 15 is 0 Å². The fourth-order valence-electron chi connectivity index (χ4n) is 3.29. The van der Waals surface area contributed by atoms with Crippen molar-refractivity contribution in [3.05, 3.63) is 0 Å². The first-order valence-electron chi connectivity index (χ1n) is 11.1. The van der Waals surface area contributed by atoms with Gasteiger partial charge in [-0.1, -0.05) is 77.6 Å². The van der Waals surface area contributed by atoms with Crippen LogP contribution >= 0.6 is 0 Å². The highest BCUT2D eigenvalue weighted by Crippen LogP contribution is 2.16. The summed E-state index contributed by atoms with van der Waals surface area (Å²) < 4.78 is 10.1. The van der Waals surface area contributed by atoms with Crippen LogP contribution in [0.2, 0.25) is 0 Å². The van der Waals surface area contributed by atoms with E-state index in [1.54, 1.807) is 0 Å². The van der Waals surface area contributed by atoms with Crippen LogP contribution in [-0.2, 0) is 19.1 Å². The Labute approximate surface area is 171 Å². The summed E-state index contributed by atoms with van der Waals surface area (Å²) in [7, 11) is 0. The Morgan fingerprint density at radius 1 is 0.821 bits per heavy atom. The third-order valence-electron chi connectivity index (χ3n) is 4.96. The van der Waals surface area contributed by atoms with Crippen molar-refractivity contribution < 1.29 is 24.2 Å². The molecule has 0 aliphatic heterocycles. The second kappa shape index (κ2) is 17.9. The van der Waals surface area contributed by atoms with Gasteiger partial charge >= 0.3 is 11.9 Å². The van der Waals surface area contributed by atoms with Gasteiger partial charge in [-0.05, 0) is 12.8 Å². The van der Waals surface area contributed by atoms with Crippen molar-refractivity contribution >= 4 is 11.9 Å². The van der Waals surface area contributed by atoms with E-state index in [-0.39, 0.29) is 6.61 Å². The highest BCUT2D eigenvalue weighted by atomic mass is 16.6. The molecule has 0 aromatic carbocycles. The van der Waals surface area contributed by atoms with Crippen molar-refractivity contribution in [1.29, 1.82) is 0 Å². The van der Waals surface area contributed by atoms with Gasteiger partial charge in [0, 0.05) is 13.8 Å². The van der Waals surface area contributed by atoms with Crippen LogP contribution in [0.5, 0.6) is 0 Å². The molecular weight excluding hydrogens is 358 g/mol. The number of esters is 2. The summed E-state index contributed by atoms with van der Waals surface area (Å²) in [6, 6.07) is -0.773. The lowest BCUT2D eigenvalue weighted by molar-refractivity contribution is -0.156. The van der Waals surface area contributed by atoms with Gasteiger partial charge in [0.25, 0.3) is 0 Å². The van der Waals surface area contributed by atoms with Gasteiger partial charge in [-0.2, -0.15) is 0 Å². The summed E-state index contributed by atoms with van der Waals surface area (Å²) >= 11 is 0. The molecule has 0 saturated carbocycles. The van der Waals surface area contributed by atoms with Gasteiger partial charge in [0.2, 0.25) is 0 Å². The van der Waals surface area contributed by atoms with Gasteiger partial charge in [-0.3, -0.25) is 9.59 Å². The lowest BCUT2D eigenvalue weighted by Gasteiger charge is -2.27. The highest BCUT2D eigenvalue weighted by molar-refractivity contribution is 5.66. The Balaban J connectivity index is 3.88.